The standard InChI is InChI=1S/C9H7Br2NO/c10-5-1-2-6(11)9-8(5)7(13)3-4-12-9/h1-2,12H,3-4H2. The van der Waals surface area contributed by atoms with Gasteiger partial charge in [0, 0.05) is 21.9 Å². The van der Waals surface area contributed by atoms with Crippen LogP contribution in [0.1, 0.15) is 16.8 Å². The first kappa shape index (κ1) is 9.21. The van der Waals surface area contributed by atoms with Crippen molar-refractivity contribution < 1.29 is 4.79 Å². The van der Waals surface area contributed by atoms with E-state index in [1.165, 1.54) is 0 Å². The van der Waals surface area contributed by atoms with Gasteiger partial charge in [0.25, 0.3) is 0 Å². The molecule has 1 aromatic carbocycles. The van der Waals surface area contributed by atoms with E-state index >= 15 is 0 Å². The maximum atomic E-state index is 11.6. The quantitative estimate of drug-likeness (QED) is 0.797. The van der Waals surface area contributed by atoms with Crippen molar-refractivity contribution in [1.29, 1.82) is 0 Å². The molecule has 0 atom stereocenters. The molecule has 1 aliphatic heterocycles. The smallest absolute Gasteiger partial charge is 0.167 e. The van der Waals surface area contributed by atoms with Gasteiger partial charge in [-0.15, -0.1) is 0 Å². The van der Waals surface area contributed by atoms with E-state index in [0.717, 1.165) is 26.7 Å². The first-order chi connectivity index (χ1) is 6.20. The van der Waals surface area contributed by atoms with Crippen LogP contribution in [0.2, 0.25) is 0 Å². The number of carbonyl (C=O) groups excluding carboxylic acids is 1. The number of carbonyl (C=O) groups is 1. The van der Waals surface area contributed by atoms with Gasteiger partial charge in [0.2, 0.25) is 0 Å². The molecule has 13 heavy (non-hydrogen) atoms. The average molecular weight is 305 g/mol. The zero-order valence-corrected chi connectivity index (χ0v) is 9.91. The number of halogens is 2. The summed E-state index contributed by atoms with van der Waals surface area (Å²) in [6, 6.07) is 3.81. The Labute approximate surface area is 93.0 Å². The van der Waals surface area contributed by atoms with E-state index in [2.05, 4.69) is 37.2 Å². The summed E-state index contributed by atoms with van der Waals surface area (Å²) in [5.74, 6) is 0.196. The summed E-state index contributed by atoms with van der Waals surface area (Å²) in [7, 11) is 0. The van der Waals surface area contributed by atoms with Crippen LogP contribution < -0.4 is 5.32 Å². The van der Waals surface area contributed by atoms with Gasteiger partial charge in [-0.3, -0.25) is 4.79 Å². The number of Topliss-reactive ketones (excluding diaryl/α,β-unsaturated/α-hetero) is 1. The summed E-state index contributed by atoms with van der Waals surface area (Å²) >= 11 is 6.78. The van der Waals surface area contributed by atoms with Crippen molar-refractivity contribution in [2.75, 3.05) is 11.9 Å². The second kappa shape index (κ2) is 3.42. The van der Waals surface area contributed by atoms with Gasteiger partial charge in [0.05, 0.1) is 11.3 Å². The Morgan fingerprint density at radius 3 is 2.62 bits per heavy atom. The van der Waals surface area contributed by atoms with Crippen LogP contribution in [0.4, 0.5) is 5.69 Å². The predicted molar refractivity (Wildman–Crippen MR) is 59.3 cm³/mol. The van der Waals surface area contributed by atoms with E-state index in [1.807, 2.05) is 12.1 Å². The SMILES string of the molecule is O=C1CCNc2c(Br)ccc(Br)c21. The van der Waals surface area contributed by atoms with E-state index < -0.39 is 0 Å². The fourth-order valence-corrected chi connectivity index (χ4v) is 2.45. The van der Waals surface area contributed by atoms with Gasteiger partial charge < -0.3 is 5.32 Å². The Kier molecular flexibility index (Phi) is 2.43. The molecule has 0 saturated heterocycles. The summed E-state index contributed by atoms with van der Waals surface area (Å²) in [5.41, 5.74) is 1.67. The van der Waals surface area contributed by atoms with Crippen molar-refractivity contribution >= 4 is 43.3 Å². The molecule has 2 rings (SSSR count). The van der Waals surface area contributed by atoms with Crippen molar-refractivity contribution in [1.82, 2.24) is 0 Å². The zero-order chi connectivity index (χ0) is 9.42. The predicted octanol–water partition coefficient (Wildman–Crippen LogP) is 3.21. The average Bonchev–Trinajstić information content (AvgIpc) is 2.12. The van der Waals surface area contributed by atoms with Crippen LogP contribution >= 0.6 is 31.9 Å². The molecule has 4 heteroatoms. The highest BCUT2D eigenvalue weighted by atomic mass is 79.9. The van der Waals surface area contributed by atoms with Crippen LogP contribution in [-0.2, 0) is 0 Å². The molecule has 1 aliphatic rings. The number of nitrogens with one attached hydrogen (secondary N) is 1. The Hall–Kier alpha value is -0.350. The molecule has 0 aliphatic carbocycles. The molecule has 0 bridgehead atoms. The van der Waals surface area contributed by atoms with Crippen molar-refractivity contribution in [3.8, 4) is 0 Å². The molecule has 1 aromatic rings. The molecule has 68 valence electrons. The zero-order valence-electron chi connectivity index (χ0n) is 6.73. The lowest BCUT2D eigenvalue weighted by Crippen LogP contribution is -2.18. The number of ketones is 1. The second-order valence-electron chi connectivity index (χ2n) is 2.88. The van der Waals surface area contributed by atoms with Crippen LogP contribution in [0.5, 0.6) is 0 Å². The highest BCUT2D eigenvalue weighted by molar-refractivity contribution is 9.11. The number of fused-ring (bicyclic) bond motifs is 1. The van der Waals surface area contributed by atoms with Gasteiger partial charge in [-0.1, -0.05) is 0 Å². The van der Waals surface area contributed by atoms with E-state index in [0.29, 0.717) is 6.42 Å². The van der Waals surface area contributed by atoms with Crippen LogP contribution in [0.3, 0.4) is 0 Å². The molecular formula is C9H7Br2NO. The second-order valence-corrected chi connectivity index (χ2v) is 4.59. The lowest BCUT2D eigenvalue weighted by molar-refractivity contribution is 0.0983. The minimum atomic E-state index is 0.196. The highest BCUT2D eigenvalue weighted by Gasteiger charge is 2.21. The molecule has 0 amide bonds. The van der Waals surface area contributed by atoms with Gasteiger partial charge in [0.15, 0.2) is 5.78 Å². The fraction of sp³-hybridized carbons (Fsp3) is 0.222. The maximum Gasteiger partial charge on any atom is 0.167 e. The topological polar surface area (TPSA) is 29.1 Å². The third-order valence-corrected chi connectivity index (χ3v) is 3.36. The molecule has 0 saturated carbocycles. The molecule has 0 fully saturated rings. The fourth-order valence-electron chi connectivity index (χ4n) is 1.42. The van der Waals surface area contributed by atoms with E-state index in [4.69, 9.17) is 0 Å². The molecule has 0 unspecified atom stereocenters. The van der Waals surface area contributed by atoms with Gasteiger partial charge in [0.1, 0.15) is 0 Å². The summed E-state index contributed by atoms with van der Waals surface area (Å²) in [6.45, 7) is 0.723. The molecule has 2 nitrogen and oxygen atoms in total. The molecule has 0 aromatic heterocycles. The Morgan fingerprint density at radius 1 is 1.23 bits per heavy atom. The molecule has 1 heterocycles. The summed E-state index contributed by atoms with van der Waals surface area (Å²) in [5, 5.41) is 3.20. The monoisotopic (exact) mass is 303 g/mol. The lowest BCUT2D eigenvalue weighted by Gasteiger charge is -2.19. The van der Waals surface area contributed by atoms with Gasteiger partial charge >= 0.3 is 0 Å². The van der Waals surface area contributed by atoms with Crippen LogP contribution in [0.25, 0.3) is 0 Å². The molecule has 0 radical (unpaired) electrons. The lowest BCUT2D eigenvalue weighted by atomic mass is 10.0. The number of rotatable bonds is 0. The van der Waals surface area contributed by atoms with Gasteiger partial charge in [-0.25, -0.2) is 0 Å². The van der Waals surface area contributed by atoms with Crippen LogP contribution in [0.15, 0.2) is 21.1 Å². The van der Waals surface area contributed by atoms with Crippen LogP contribution in [0, 0.1) is 0 Å². The van der Waals surface area contributed by atoms with Gasteiger partial charge in [-0.2, -0.15) is 0 Å². The number of hydrogen-bond donors (Lipinski definition) is 1. The van der Waals surface area contributed by atoms with Crippen LogP contribution in [-0.4, -0.2) is 12.3 Å². The maximum absolute atomic E-state index is 11.6. The van der Waals surface area contributed by atoms with Crippen molar-refractivity contribution in [2.24, 2.45) is 0 Å². The molecular weight excluding hydrogens is 298 g/mol. The molecule has 0 spiro atoms. The summed E-state index contributed by atoms with van der Waals surface area (Å²) in [4.78, 5) is 11.6. The summed E-state index contributed by atoms with van der Waals surface area (Å²) < 4.78 is 1.81. The van der Waals surface area contributed by atoms with Crippen molar-refractivity contribution in [2.45, 2.75) is 6.42 Å². The minimum absolute atomic E-state index is 0.196. The Bertz CT molecular complexity index is 376. The Balaban J connectivity index is 2.67. The third-order valence-electron chi connectivity index (χ3n) is 2.04. The largest absolute Gasteiger partial charge is 0.383 e. The normalized spacial score (nSPS) is 15.1. The molecule has 1 N–H and O–H groups in total. The first-order valence-electron chi connectivity index (χ1n) is 3.95. The summed E-state index contributed by atoms with van der Waals surface area (Å²) in [6.07, 6.45) is 0.571. The van der Waals surface area contributed by atoms with E-state index in [1.54, 1.807) is 0 Å². The van der Waals surface area contributed by atoms with E-state index in [9.17, 15) is 4.79 Å². The number of benzene rings is 1. The third kappa shape index (κ3) is 1.53. The Morgan fingerprint density at radius 2 is 1.92 bits per heavy atom. The van der Waals surface area contributed by atoms with Gasteiger partial charge in [-0.05, 0) is 44.0 Å². The minimum Gasteiger partial charge on any atom is -0.383 e. The first-order valence-corrected chi connectivity index (χ1v) is 5.54. The number of hydrogen-bond acceptors (Lipinski definition) is 2. The van der Waals surface area contributed by atoms with Crippen molar-refractivity contribution in [3.63, 3.8) is 0 Å². The number of anilines is 1. The highest BCUT2D eigenvalue weighted by Crippen LogP contribution is 2.35. The van der Waals surface area contributed by atoms with E-state index in [-0.39, 0.29) is 5.78 Å². The van der Waals surface area contributed by atoms with Crippen molar-refractivity contribution in [3.05, 3.63) is 26.6 Å².